The average Bonchev–Trinajstić information content (AvgIpc) is 3.04. The Bertz CT molecular complexity index is 748. The van der Waals surface area contributed by atoms with E-state index in [1.165, 1.54) is 0 Å². The predicted molar refractivity (Wildman–Crippen MR) is 90.8 cm³/mol. The monoisotopic (exact) mass is 329 g/mol. The largest absolute Gasteiger partial charge is 0.350 e. The van der Waals surface area contributed by atoms with E-state index in [0.29, 0.717) is 6.54 Å². The number of rotatable bonds is 3. The number of anilines is 1. The molecule has 0 aromatic carbocycles. The van der Waals surface area contributed by atoms with Crippen LogP contribution in [0.2, 0.25) is 0 Å². The van der Waals surface area contributed by atoms with Gasteiger partial charge in [-0.15, -0.1) is 0 Å². The first kappa shape index (κ1) is 14.7. The number of thioether (sulfide) groups is 1. The van der Waals surface area contributed by atoms with E-state index in [0.717, 1.165) is 54.4 Å². The zero-order chi connectivity index (χ0) is 15.6. The van der Waals surface area contributed by atoms with E-state index in [2.05, 4.69) is 20.0 Å². The number of fused-ring (bicyclic) bond motifs is 1. The van der Waals surface area contributed by atoms with Gasteiger partial charge in [0.1, 0.15) is 5.82 Å². The van der Waals surface area contributed by atoms with Crippen LogP contribution in [-0.2, 0) is 18.7 Å². The number of nitrogens with zero attached hydrogens (tertiary/aromatic N) is 5. The van der Waals surface area contributed by atoms with E-state index in [4.69, 9.17) is 0 Å². The van der Waals surface area contributed by atoms with Gasteiger partial charge in [0.05, 0.1) is 24.5 Å². The summed E-state index contributed by atoms with van der Waals surface area (Å²) in [7, 11) is 0. The van der Waals surface area contributed by atoms with Crippen LogP contribution in [0.15, 0.2) is 29.5 Å². The Morgan fingerprint density at radius 1 is 1.35 bits per heavy atom. The summed E-state index contributed by atoms with van der Waals surface area (Å²) in [6.07, 6.45) is 8.31. The molecule has 1 saturated heterocycles. The van der Waals surface area contributed by atoms with E-state index in [1.54, 1.807) is 29.3 Å². The minimum atomic E-state index is 0.0113. The maximum atomic E-state index is 12.4. The van der Waals surface area contributed by atoms with Crippen molar-refractivity contribution < 1.29 is 0 Å². The van der Waals surface area contributed by atoms with Crippen LogP contribution in [0, 0.1) is 0 Å². The van der Waals surface area contributed by atoms with Crippen molar-refractivity contribution in [2.45, 2.75) is 37.6 Å². The van der Waals surface area contributed by atoms with E-state index in [1.807, 2.05) is 11.8 Å². The quantitative estimate of drug-likeness (QED) is 0.850. The highest BCUT2D eigenvalue weighted by Gasteiger charge is 2.27. The molecule has 7 heteroatoms. The zero-order valence-electron chi connectivity index (χ0n) is 12.9. The van der Waals surface area contributed by atoms with Crippen molar-refractivity contribution in [3.8, 4) is 0 Å². The Balaban J connectivity index is 1.59. The summed E-state index contributed by atoms with van der Waals surface area (Å²) in [6.45, 7) is 1.58. The maximum absolute atomic E-state index is 12.4. The molecule has 2 aliphatic heterocycles. The van der Waals surface area contributed by atoms with Gasteiger partial charge in [-0.05, 0) is 24.2 Å². The first-order valence-electron chi connectivity index (χ1n) is 8.01. The van der Waals surface area contributed by atoms with Crippen molar-refractivity contribution in [3.63, 3.8) is 0 Å². The second-order valence-electron chi connectivity index (χ2n) is 5.99. The van der Waals surface area contributed by atoms with E-state index in [-0.39, 0.29) is 11.6 Å². The highest BCUT2D eigenvalue weighted by molar-refractivity contribution is 7.98. The van der Waals surface area contributed by atoms with E-state index in [9.17, 15) is 4.79 Å². The standard InChI is InChI=1S/C16H19N5OS/c22-16-8-12-11-23-7-3-14(12)19-21(16)10-13-2-1-6-20(13)15-9-17-4-5-18-15/h4-5,8-9,13H,1-3,6-7,10-11H2. The first-order chi connectivity index (χ1) is 11.3. The summed E-state index contributed by atoms with van der Waals surface area (Å²) in [4.78, 5) is 23.2. The van der Waals surface area contributed by atoms with Crippen LogP contribution in [0.25, 0.3) is 0 Å². The van der Waals surface area contributed by atoms with E-state index >= 15 is 0 Å². The molecule has 0 bridgehead atoms. The van der Waals surface area contributed by atoms with Gasteiger partial charge in [-0.3, -0.25) is 9.78 Å². The summed E-state index contributed by atoms with van der Waals surface area (Å²) in [5, 5.41) is 4.63. The summed E-state index contributed by atoms with van der Waals surface area (Å²) in [5.41, 5.74) is 2.21. The molecule has 6 nitrogen and oxygen atoms in total. The highest BCUT2D eigenvalue weighted by atomic mass is 32.2. The minimum Gasteiger partial charge on any atom is -0.350 e. The van der Waals surface area contributed by atoms with Crippen LogP contribution in [0.4, 0.5) is 5.82 Å². The molecule has 1 unspecified atom stereocenters. The average molecular weight is 329 g/mol. The molecular formula is C16H19N5OS. The Labute approximate surface area is 138 Å². The lowest BCUT2D eigenvalue weighted by atomic mass is 10.2. The molecule has 1 fully saturated rings. The molecule has 4 heterocycles. The molecule has 0 spiro atoms. The fraction of sp³-hybridized carbons (Fsp3) is 0.500. The number of hydrogen-bond donors (Lipinski definition) is 0. The molecule has 120 valence electrons. The summed E-state index contributed by atoms with van der Waals surface area (Å²) >= 11 is 1.87. The predicted octanol–water partition coefficient (Wildman–Crippen LogP) is 1.49. The lowest BCUT2D eigenvalue weighted by Gasteiger charge is -2.26. The van der Waals surface area contributed by atoms with Gasteiger partial charge in [0, 0.05) is 37.2 Å². The molecule has 4 rings (SSSR count). The third-order valence-electron chi connectivity index (χ3n) is 4.51. The van der Waals surface area contributed by atoms with Gasteiger partial charge >= 0.3 is 0 Å². The summed E-state index contributed by atoms with van der Waals surface area (Å²) in [5.74, 6) is 2.89. The Morgan fingerprint density at radius 2 is 2.30 bits per heavy atom. The molecular weight excluding hydrogens is 310 g/mol. The smallest absolute Gasteiger partial charge is 0.267 e. The van der Waals surface area contributed by atoms with Crippen LogP contribution in [0.5, 0.6) is 0 Å². The minimum absolute atomic E-state index is 0.0113. The van der Waals surface area contributed by atoms with Crippen molar-refractivity contribution in [3.05, 3.63) is 46.3 Å². The van der Waals surface area contributed by atoms with Gasteiger partial charge in [0.15, 0.2) is 0 Å². The number of aryl methyl sites for hydroxylation is 1. The molecule has 23 heavy (non-hydrogen) atoms. The van der Waals surface area contributed by atoms with Crippen LogP contribution in [0.1, 0.15) is 24.1 Å². The van der Waals surface area contributed by atoms with Gasteiger partial charge < -0.3 is 4.90 Å². The lowest BCUT2D eigenvalue weighted by Crippen LogP contribution is -2.38. The van der Waals surface area contributed by atoms with Gasteiger partial charge in [-0.2, -0.15) is 16.9 Å². The van der Waals surface area contributed by atoms with Crippen molar-refractivity contribution in [1.82, 2.24) is 19.7 Å². The molecule has 0 saturated carbocycles. The molecule has 2 aromatic rings. The summed E-state index contributed by atoms with van der Waals surface area (Å²) in [6, 6.07) is 2.03. The van der Waals surface area contributed by atoms with Gasteiger partial charge in [-0.1, -0.05) is 0 Å². The highest BCUT2D eigenvalue weighted by Crippen LogP contribution is 2.24. The topological polar surface area (TPSA) is 63.9 Å². The second kappa shape index (κ2) is 6.31. The molecule has 1 atom stereocenters. The molecule has 0 radical (unpaired) electrons. The van der Waals surface area contributed by atoms with Crippen LogP contribution in [-0.4, -0.2) is 38.1 Å². The summed E-state index contributed by atoms with van der Waals surface area (Å²) < 4.78 is 1.65. The van der Waals surface area contributed by atoms with Crippen LogP contribution >= 0.6 is 11.8 Å². The Kier molecular flexibility index (Phi) is 4.03. The van der Waals surface area contributed by atoms with Gasteiger partial charge in [0.2, 0.25) is 0 Å². The van der Waals surface area contributed by atoms with Gasteiger partial charge in [0.25, 0.3) is 5.56 Å². The number of aromatic nitrogens is 4. The van der Waals surface area contributed by atoms with Crippen molar-refractivity contribution in [1.29, 1.82) is 0 Å². The van der Waals surface area contributed by atoms with Crippen LogP contribution < -0.4 is 10.5 Å². The Hall–Kier alpha value is -1.89. The lowest BCUT2D eigenvalue weighted by molar-refractivity contribution is 0.479. The SMILES string of the molecule is O=c1cc2c(nn1CC1CCCN1c1cnccn1)CCSC2. The number of hydrogen-bond acceptors (Lipinski definition) is 6. The first-order valence-corrected chi connectivity index (χ1v) is 9.17. The third kappa shape index (κ3) is 2.97. The fourth-order valence-electron chi connectivity index (χ4n) is 3.35. The molecule has 0 amide bonds. The maximum Gasteiger partial charge on any atom is 0.267 e. The fourth-order valence-corrected chi connectivity index (χ4v) is 4.30. The molecule has 0 aliphatic carbocycles. The van der Waals surface area contributed by atoms with Crippen LogP contribution in [0.3, 0.4) is 0 Å². The molecule has 2 aromatic heterocycles. The zero-order valence-corrected chi connectivity index (χ0v) is 13.7. The third-order valence-corrected chi connectivity index (χ3v) is 5.52. The van der Waals surface area contributed by atoms with Crippen molar-refractivity contribution >= 4 is 17.6 Å². The molecule has 0 N–H and O–H groups in total. The van der Waals surface area contributed by atoms with Crippen molar-refractivity contribution in [2.75, 3.05) is 17.2 Å². The molecule has 2 aliphatic rings. The second-order valence-corrected chi connectivity index (χ2v) is 7.10. The Morgan fingerprint density at radius 3 is 3.17 bits per heavy atom. The normalized spacial score (nSPS) is 20.5. The van der Waals surface area contributed by atoms with Gasteiger partial charge in [-0.25, -0.2) is 9.67 Å². The van der Waals surface area contributed by atoms with E-state index < -0.39 is 0 Å². The van der Waals surface area contributed by atoms with Crippen molar-refractivity contribution in [2.24, 2.45) is 0 Å².